The average molecular weight is 206 g/mol. The fourth-order valence-electron chi connectivity index (χ4n) is 1.27. The molecular formula is C11H14N2O2. The van der Waals surface area contributed by atoms with Gasteiger partial charge in [-0.1, -0.05) is 0 Å². The molecule has 0 N–H and O–H groups in total. The van der Waals surface area contributed by atoms with Crippen molar-refractivity contribution in [3.8, 4) is 6.07 Å². The number of aryl methyl sites for hydroxylation is 1. The molecule has 0 aliphatic rings. The number of hydrogen-bond acceptors (Lipinski definition) is 3. The first-order chi connectivity index (χ1) is 7.04. The summed E-state index contributed by atoms with van der Waals surface area (Å²) in [5, 5.41) is 8.63. The molecule has 1 unspecified atom stereocenters. The molecule has 0 aromatic carbocycles. The number of carbonyl (C=O) groups is 1. The predicted octanol–water partition coefficient (Wildman–Crippen LogP) is 1.82. The Bertz CT molecular complexity index is 390. The van der Waals surface area contributed by atoms with Gasteiger partial charge in [-0.05, 0) is 26.0 Å². The van der Waals surface area contributed by atoms with E-state index in [1.165, 1.54) is 4.90 Å². The van der Waals surface area contributed by atoms with Crippen LogP contribution in [0, 0.1) is 24.2 Å². The fourth-order valence-corrected chi connectivity index (χ4v) is 1.27. The van der Waals surface area contributed by atoms with E-state index in [0.717, 1.165) is 0 Å². The summed E-state index contributed by atoms with van der Waals surface area (Å²) in [6.45, 7) is 3.97. The topological polar surface area (TPSA) is 57.2 Å². The van der Waals surface area contributed by atoms with Crippen molar-refractivity contribution in [3.05, 3.63) is 23.7 Å². The molecule has 0 aliphatic carbocycles. The van der Waals surface area contributed by atoms with Gasteiger partial charge in [0.05, 0.1) is 12.0 Å². The van der Waals surface area contributed by atoms with Crippen LogP contribution in [0.4, 0.5) is 0 Å². The van der Waals surface area contributed by atoms with Gasteiger partial charge in [-0.2, -0.15) is 5.26 Å². The van der Waals surface area contributed by atoms with E-state index in [4.69, 9.17) is 9.68 Å². The van der Waals surface area contributed by atoms with Gasteiger partial charge in [0, 0.05) is 13.6 Å². The van der Waals surface area contributed by atoms with Crippen LogP contribution in [0.15, 0.2) is 16.5 Å². The van der Waals surface area contributed by atoms with Gasteiger partial charge < -0.3 is 9.32 Å². The van der Waals surface area contributed by atoms with Gasteiger partial charge >= 0.3 is 0 Å². The minimum absolute atomic E-state index is 0.171. The summed E-state index contributed by atoms with van der Waals surface area (Å²) in [5.41, 5.74) is 0. The van der Waals surface area contributed by atoms with E-state index in [0.29, 0.717) is 18.1 Å². The third-order valence-electron chi connectivity index (χ3n) is 2.07. The van der Waals surface area contributed by atoms with Crippen LogP contribution >= 0.6 is 0 Å². The molecule has 1 rings (SSSR count). The largest absolute Gasteiger partial charge is 0.456 e. The Morgan fingerprint density at radius 3 is 2.80 bits per heavy atom. The third kappa shape index (κ3) is 2.84. The van der Waals surface area contributed by atoms with E-state index < -0.39 is 0 Å². The molecular weight excluding hydrogens is 192 g/mol. The van der Waals surface area contributed by atoms with E-state index in [1.807, 2.05) is 0 Å². The highest BCUT2D eigenvalue weighted by atomic mass is 16.3. The number of amides is 1. The second-order valence-electron chi connectivity index (χ2n) is 3.63. The average Bonchev–Trinajstić information content (AvgIpc) is 2.63. The van der Waals surface area contributed by atoms with Crippen LogP contribution in [-0.4, -0.2) is 24.4 Å². The Morgan fingerprint density at radius 1 is 1.67 bits per heavy atom. The molecule has 0 spiro atoms. The summed E-state index contributed by atoms with van der Waals surface area (Å²) in [5.74, 6) is 0.667. The van der Waals surface area contributed by atoms with Gasteiger partial charge in [-0.15, -0.1) is 0 Å². The zero-order valence-electron chi connectivity index (χ0n) is 9.15. The molecule has 1 aromatic rings. The number of nitriles is 1. The first kappa shape index (κ1) is 11.3. The molecule has 0 saturated carbocycles. The highest BCUT2D eigenvalue weighted by Gasteiger charge is 2.16. The van der Waals surface area contributed by atoms with Crippen LogP contribution < -0.4 is 0 Å². The first-order valence-electron chi connectivity index (χ1n) is 4.76. The van der Waals surface area contributed by atoms with Gasteiger partial charge in [-0.3, -0.25) is 4.79 Å². The maximum absolute atomic E-state index is 11.7. The van der Waals surface area contributed by atoms with E-state index in [-0.39, 0.29) is 11.8 Å². The van der Waals surface area contributed by atoms with Crippen molar-refractivity contribution < 1.29 is 9.21 Å². The maximum Gasteiger partial charge on any atom is 0.289 e. The zero-order chi connectivity index (χ0) is 11.4. The molecule has 0 bridgehead atoms. The minimum atomic E-state index is -0.190. The lowest BCUT2D eigenvalue weighted by atomic mass is 10.2. The number of furan rings is 1. The molecule has 15 heavy (non-hydrogen) atoms. The molecule has 0 saturated heterocycles. The van der Waals surface area contributed by atoms with Crippen molar-refractivity contribution in [1.82, 2.24) is 4.90 Å². The molecule has 80 valence electrons. The SMILES string of the molecule is Cc1ccc(C(=O)N(C)CC(C)C#N)o1. The van der Waals surface area contributed by atoms with Crippen molar-refractivity contribution >= 4 is 5.91 Å². The number of carbonyl (C=O) groups excluding carboxylic acids is 1. The number of nitrogens with zero attached hydrogens (tertiary/aromatic N) is 2. The molecule has 1 aromatic heterocycles. The molecule has 4 heteroatoms. The van der Waals surface area contributed by atoms with E-state index in [2.05, 4.69) is 6.07 Å². The van der Waals surface area contributed by atoms with Crippen molar-refractivity contribution in [3.63, 3.8) is 0 Å². The molecule has 1 atom stereocenters. The van der Waals surface area contributed by atoms with Gasteiger partial charge in [0.2, 0.25) is 0 Å². The standard InChI is InChI=1S/C11H14N2O2/c1-8(6-12)7-13(3)11(14)10-5-4-9(2)15-10/h4-5,8H,7H2,1-3H3. The molecule has 0 radical (unpaired) electrons. The minimum Gasteiger partial charge on any atom is -0.456 e. The van der Waals surface area contributed by atoms with Crippen molar-refractivity contribution in [1.29, 1.82) is 5.26 Å². The highest BCUT2D eigenvalue weighted by molar-refractivity contribution is 5.91. The smallest absolute Gasteiger partial charge is 0.289 e. The van der Waals surface area contributed by atoms with Gasteiger partial charge in [-0.25, -0.2) is 0 Å². The van der Waals surface area contributed by atoms with Gasteiger partial charge in [0.25, 0.3) is 5.91 Å². The lowest BCUT2D eigenvalue weighted by Crippen LogP contribution is -2.30. The van der Waals surface area contributed by atoms with Crippen LogP contribution in [0.1, 0.15) is 23.2 Å². The van der Waals surface area contributed by atoms with E-state index in [1.54, 1.807) is 33.0 Å². The monoisotopic (exact) mass is 206 g/mol. The molecule has 0 fully saturated rings. The quantitative estimate of drug-likeness (QED) is 0.758. The Hall–Kier alpha value is -1.76. The summed E-state index contributed by atoms with van der Waals surface area (Å²) in [7, 11) is 1.66. The lowest BCUT2D eigenvalue weighted by molar-refractivity contribution is 0.0752. The first-order valence-corrected chi connectivity index (χ1v) is 4.76. The van der Waals surface area contributed by atoms with Gasteiger partial charge in [0.1, 0.15) is 5.76 Å². The molecule has 1 heterocycles. The normalized spacial score (nSPS) is 11.9. The Balaban J connectivity index is 2.65. The second-order valence-corrected chi connectivity index (χ2v) is 3.63. The van der Waals surface area contributed by atoms with Crippen LogP contribution in [0.2, 0.25) is 0 Å². The van der Waals surface area contributed by atoms with E-state index in [9.17, 15) is 4.79 Å². The van der Waals surface area contributed by atoms with Crippen molar-refractivity contribution in [2.45, 2.75) is 13.8 Å². The van der Waals surface area contributed by atoms with Crippen LogP contribution in [-0.2, 0) is 0 Å². The fraction of sp³-hybridized carbons (Fsp3) is 0.455. The highest BCUT2D eigenvalue weighted by Crippen LogP contribution is 2.09. The predicted molar refractivity (Wildman–Crippen MR) is 55.2 cm³/mol. The van der Waals surface area contributed by atoms with Crippen LogP contribution in [0.3, 0.4) is 0 Å². The lowest BCUT2D eigenvalue weighted by Gasteiger charge is -2.16. The molecule has 4 nitrogen and oxygen atoms in total. The van der Waals surface area contributed by atoms with Crippen LogP contribution in [0.5, 0.6) is 0 Å². The molecule has 1 amide bonds. The van der Waals surface area contributed by atoms with Gasteiger partial charge in [0.15, 0.2) is 5.76 Å². The second kappa shape index (κ2) is 4.65. The Kier molecular flexibility index (Phi) is 3.51. The Labute approximate surface area is 89.1 Å². The van der Waals surface area contributed by atoms with Crippen molar-refractivity contribution in [2.75, 3.05) is 13.6 Å². The zero-order valence-corrected chi connectivity index (χ0v) is 9.15. The van der Waals surface area contributed by atoms with Crippen molar-refractivity contribution in [2.24, 2.45) is 5.92 Å². The third-order valence-corrected chi connectivity index (χ3v) is 2.07. The number of rotatable bonds is 3. The summed E-state index contributed by atoms with van der Waals surface area (Å²) in [4.78, 5) is 13.2. The summed E-state index contributed by atoms with van der Waals surface area (Å²) >= 11 is 0. The van der Waals surface area contributed by atoms with Crippen LogP contribution in [0.25, 0.3) is 0 Å². The summed E-state index contributed by atoms with van der Waals surface area (Å²) < 4.78 is 5.21. The maximum atomic E-state index is 11.7. The summed E-state index contributed by atoms with van der Waals surface area (Å²) in [6.07, 6.45) is 0. The summed E-state index contributed by atoms with van der Waals surface area (Å²) in [6, 6.07) is 5.47. The Morgan fingerprint density at radius 2 is 2.33 bits per heavy atom. The van der Waals surface area contributed by atoms with E-state index >= 15 is 0 Å². The number of hydrogen-bond donors (Lipinski definition) is 0. The molecule has 0 aliphatic heterocycles.